The minimum absolute atomic E-state index is 0.353. The van der Waals surface area contributed by atoms with E-state index in [0.717, 1.165) is 11.8 Å². The van der Waals surface area contributed by atoms with Crippen LogP contribution in [0.5, 0.6) is 0 Å². The van der Waals surface area contributed by atoms with Crippen molar-refractivity contribution in [3.63, 3.8) is 0 Å². The fourth-order valence-electron chi connectivity index (χ4n) is 3.29. The summed E-state index contributed by atoms with van der Waals surface area (Å²) in [5.74, 6) is 1.29. The fourth-order valence-corrected chi connectivity index (χ4v) is 4.30. The van der Waals surface area contributed by atoms with E-state index >= 15 is 0 Å². The normalized spacial score (nSPS) is 32.2. The summed E-state index contributed by atoms with van der Waals surface area (Å²) in [6.45, 7) is 5.73. The monoisotopic (exact) mass is 242 g/mol. The molecule has 3 heteroatoms. The second-order valence-corrected chi connectivity index (χ2v) is 7.02. The molecule has 2 aliphatic rings. The van der Waals surface area contributed by atoms with Crippen molar-refractivity contribution < 1.29 is 0 Å². The Balaban J connectivity index is 2.05. The highest BCUT2D eigenvalue weighted by atomic mass is 32.2. The molecule has 0 bridgehead atoms. The van der Waals surface area contributed by atoms with Crippen LogP contribution in [0, 0.1) is 0 Å². The fraction of sp³-hybridized carbons (Fsp3) is 1.00. The van der Waals surface area contributed by atoms with Crippen molar-refractivity contribution >= 4 is 11.8 Å². The Bertz CT molecular complexity index is 212. The zero-order valence-corrected chi connectivity index (χ0v) is 11.4. The summed E-state index contributed by atoms with van der Waals surface area (Å²) in [7, 11) is 0. The molecule has 0 aromatic rings. The zero-order valence-electron chi connectivity index (χ0n) is 10.6. The van der Waals surface area contributed by atoms with Crippen molar-refractivity contribution in [3.8, 4) is 0 Å². The lowest BCUT2D eigenvalue weighted by atomic mass is 9.88. The van der Waals surface area contributed by atoms with Gasteiger partial charge in [-0.25, -0.2) is 0 Å². The van der Waals surface area contributed by atoms with Gasteiger partial charge in [0.05, 0.1) is 0 Å². The predicted octanol–water partition coefficient (Wildman–Crippen LogP) is 2.48. The maximum atomic E-state index is 6.14. The second kappa shape index (κ2) is 5.74. The molecule has 2 rings (SSSR count). The van der Waals surface area contributed by atoms with E-state index in [2.05, 4.69) is 23.6 Å². The maximum absolute atomic E-state index is 6.14. The molecule has 2 fully saturated rings. The van der Waals surface area contributed by atoms with Crippen LogP contribution in [0.25, 0.3) is 0 Å². The lowest BCUT2D eigenvalue weighted by molar-refractivity contribution is 0.0828. The number of hydrogen-bond acceptors (Lipinski definition) is 3. The molecular weight excluding hydrogens is 216 g/mol. The van der Waals surface area contributed by atoms with E-state index in [4.69, 9.17) is 5.73 Å². The maximum Gasteiger partial charge on any atom is 0.0332 e. The van der Waals surface area contributed by atoms with E-state index < -0.39 is 0 Å². The van der Waals surface area contributed by atoms with Gasteiger partial charge in [0.15, 0.2) is 0 Å². The van der Waals surface area contributed by atoms with E-state index in [1.807, 2.05) is 0 Å². The molecule has 0 spiro atoms. The highest BCUT2D eigenvalue weighted by Gasteiger charge is 2.37. The third-order valence-electron chi connectivity index (χ3n) is 4.33. The van der Waals surface area contributed by atoms with E-state index in [0.29, 0.717) is 5.54 Å². The molecule has 0 aromatic heterocycles. The average Bonchev–Trinajstić information content (AvgIpc) is 2.55. The number of hydrogen-bond donors (Lipinski definition) is 1. The van der Waals surface area contributed by atoms with E-state index in [-0.39, 0.29) is 0 Å². The third kappa shape index (κ3) is 2.74. The molecule has 94 valence electrons. The van der Waals surface area contributed by atoms with Gasteiger partial charge in [0.25, 0.3) is 0 Å². The molecule has 16 heavy (non-hydrogen) atoms. The number of rotatable bonds is 2. The largest absolute Gasteiger partial charge is 0.329 e. The summed E-state index contributed by atoms with van der Waals surface area (Å²) in [6.07, 6.45) is 8.27. The lowest BCUT2D eigenvalue weighted by Crippen LogP contribution is -2.57. The molecule has 1 aliphatic heterocycles. The Kier molecular flexibility index (Phi) is 4.57. The molecule has 2 nitrogen and oxygen atoms in total. The van der Waals surface area contributed by atoms with Gasteiger partial charge in [-0.05, 0) is 12.8 Å². The lowest BCUT2D eigenvalue weighted by Gasteiger charge is -2.46. The molecule has 0 radical (unpaired) electrons. The molecule has 2 N–H and O–H groups in total. The molecule has 1 aliphatic carbocycles. The van der Waals surface area contributed by atoms with Gasteiger partial charge in [-0.1, -0.05) is 32.6 Å². The Morgan fingerprint density at radius 2 is 1.94 bits per heavy atom. The van der Waals surface area contributed by atoms with Gasteiger partial charge >= 0.3 is 0 Å². The Morgan fingerprint density at radius 3 is 2.50 bits per heavy atom. The Labute approximate surface area is 104 Å². The van der Waals surface area contributed by atoms with Crippen molar-refractivity contribution in [2.24, 2.45) is 5.73 Å². The smallest absolute Gasteiger partial charge is 0.0332 e. The summed E-state index contributed by atoms with van der Waals surface area (Å²) in [5.41, 5.74) is 6.49. The van der Waals surface area contributed by atoms with Gasteiger partial charge in [-0.3, -0.25) is 4.90 Å². The quantitative estimate of drug-likeness (QED) is 0.754. The Hall–Kier alpha value is 0.270. The van der Waals surface area contributed by atoms with Crippen molar-refractivity contribution in [1.82, 2.24) is 4.90 Å². The minimum Gasteiger partial charge on any atom is -0.329 e. The van der Waals surface area contributed by atoms with Crippen LogP contribution in [0.2, 0.25) is 0 Å². The number of nitrogens with two attached hydrogens (primary N) is 1. The van der Waals surface area contributed by atoms with Crippen LogP contribution in [0.3, 0.4) is 0 Å². The Morgan fingerprint density at radius 1 is 1.25 bits per heavy atom. The van der Waals surface area contributed by atoms with E-state index in [9.17, 15) is 0 Å². The molecule has 1 atom stereocenters. The van der Waals surface area contributed by atoms with Crippen LogP contribution in [-0.2, 0) is 0 Å². The summed E-state index contributed by atoms with van der Waals surface area (Å²) < 4.78 is 0. The summed E-state index contributed by atoms with van der Waals surface area (Å²) >= 11 is 2.12. The van der Waals surface area contributed by atoms with Crippen LogP contribution in [0.4, 0.5) is 0 Å². The van der Waals surface area contributed by atoms with Crippen molar-refractivity contribution in [3.05, 3.63) is 0 Å². The number of nitrogens with zero attached hydrogens (tertiary/aromatic N) is 1. The van der Waals surface area contributed by atoms with Crippen LogP contribution in [0.15, 0.2) is 0 Å². The molecule has 1 heterocycles. The van der Waals surface area contributed by atoms with E-state index in [1.165, 1.54) is 57.4 Å². The predicted molar refractivity (Wildman–Crippen MR) is 73.0 cm³/mol. The molecule has 1 unspecified atom stereocenters. The van der Waals surface area contributed by atoms with Crippen LogP contribution >= 0.6 is 11.8 Å². The van der Waals surface area contributed by atoms with Gasteiger partial charge in [0.1, 0.15) is 0 Å². The topological polar surface area (TPSA) is 29.3 Å². The first-order chi connectivity index (χ1) is 7.77. The van der Waals surface area contributed by atoms with Gasteiger partial charge in [0, 0.05) is 36.2 Å². The first-order valence-corrected chi connectivity index (χ1v) is 7.88. The van der Waals surface area contributed by atoms with Crippen LogP contribution in [0.1, 0.15) is 45.4 Å². The molecular formula is C13H26N2S. The molecule has 1 saturated carbocycles. The van der Waals surface area contributed by atoms with Crippen molar-refractivity contribution in [1.29, 1.82) is 0 Å². The van der Waals surface area contributed by atoms with Crippen LogP contribution in [-0.4, -0.2) is 41.1 Å². The van der Waals surface area contributed by atoms with Crippen molar-refractivity contribution in [2.75, 3.05) is 25.4 Å². The average molecular weight is 242 g/mol. The first kappa shape index (κ1) is 12.7. The number of thioether (sulfide) groups is 1. The molecule has 1 saturated heterocycles. The van der Waals surface area contributed by atoms with Crippen molar-refractivity contribution in [2.45, 2.75) is 56.2 Å². The summed E-state index contributed by atoms with van der Waals surface area (Å²) in [5, 5.41) is 0.792. The third-order valence-corrected chi connectivity index (χ3v) is 5.46. The van der Waals surface area contributed by atoms with Gasteiger partial charge in [-0.2, -0.15) is 11.8 Å². The SMILES string of the molecule is CC1CN(C2(CN)CCCCCC2)CCS1. The summed E-state index contributed by atoms with van der Waals surface area (Å²) in [6, 6.07) is 0. The highest BCUT2D eigenvalue weighted by Crippen LogP contribution is 2.34. The van der Waals surface area contributed by atoms with Crippen LogP contribution < -0.4 is 5.73 Å². The zero-order chi connectivity index (χ0) is 11.4. The second-order valence-electron chi connectivity index (χ2n) is 5.47. The highest BCUT2D eigenvalue weighted by molar-refractivity contribution is 7.99. The standard InChI is InChI=1S/C13H26N2S/c1-12-10-15(8-9-16-12)13(11-14)6-4-2-3-5-7-13/h12H,2-11,14H2,1H3. The van der Waals surface area contributed by atoms with Gasteiger partial charge in [0.2, 0.25) is 0 Å². The first-order valence-electron chi connectivity index (χ1n) is 6.83. The molecule has 0 aromatic carbocycles. The molecule has 0 amide bonds. The van der Waals surface area contributed by atoms with E-state index in [1.54, 1.807) is 0 Å². The minimum atomic E-state index is 0.353. The van der Waals surface area contributed by atoms with Gasteiger partial charge < -0.3 is 5.73 Å². The summed E-state index contributed by atoms with van der Waals surface area (Å²) in [4.78, 5) is 2.72. The van der Waals surface area contributed by atoms with Gasteiger partial charge in [-0.15, -0.1) is 0 Å².